The smallest absolute Gasteiger partial charge is 0.258 e. The first-order valence-electron chi connectivity index (χ1n) is 6.96. The van der Waals surface area contributed by atoms with Crippen molar-refractivity contribution >= 4 is 10.9 Å². The van der Waals surface area contributed by atoms with Crippen LogP contribution >= 0.6 is 0 Å². The summed E-state index contributed by atoms with van der Waals surface area (Å²) in [5.41, 5.74) is 1.69. The highest BCUT2D eigenvalue weighted by Gasteiger charge is 2.05. The van der Waals surface area contributed by atoms with E-state index in [1.54, 1.807) is 6.07 Å². The van der Waals surface area contributed by atoms with Crippen molar-refractivity contribution in [1.29, 1.82) is 0 Å². The molecule has 1 heterocycles. The van der Waals surface area contributed by atoms with Crippen LogP contribution in [-0.4, -0.2) is 9.97 Å². The molecule has 0 aliphatic heterocycles. The fraction of sp³-hybridized carbons (Fsp3) is 0.176. The average Bonchev–Trinajstić information content (AvgIpc) is 2.53. The molecule has 3 rings (SSSR count). The third-order valence-electron chi connectivity index (χ3n) is 3.38. The van der Waals surface area contributed by atoms with Crippen molar-refractivity contribution in [2.24, 2.45) is 0 Å². The normalized spacial score (nSPS) is 10.7. The van der Waals surface area contributed by atoms with Crippen LogP contribution < -0.4 is 10.3 Å². The minimum Gasteiger partial charge on any atom is -0.485 e. The fourth-order valence-electron chi connectivity index (χ4n) is 2.29. The third-order valence-corrected chi connectivity index (χ3v) is 3.38. The summed E-state index contributed by atoms with van der Waals surface area (Å²) in [6.07, 6.45) is 0.901. The number of hydrogen-bond acceptors (Lipinski definition) is 3. The SMILES string of the molecule is CCc1ccccc1OCc1nc2ccccc2c(=O)[nH]1. The van der Waals surface area contributed by atoms with E-state index in [0.29, 0.717) is 16.7 Å². The van der Waals surface area contributed by atoms with E-state index in [1.165, 1.54) is 0 Å². The molecule has 0 fully saturated rings. The zero-order valence-electron chi connectivity index (χ0n) is 11.8. The Morgan fingerprint density at radius 3 is 2.71 bits per heavy atom. The Morgan fingerprint density at radius 2 is 1.86 bits per heavy atom. The van der Waals surface area contributed by atoms with E-state index >= 15 is 0 Å². The largest absolute Gasteiger partial charge is 0.485 e. The molecule has 0 spiro atoms. The van der Waals surface area contributed by atoms with Gasteiger partial charge in [-0.05, 0) is 30.2 Å². The molecule has 1 aromatic heterocycles. The summed E-state index contributed by atoms with van der Waals surface area (Å²) in [5, 5.41) is 0.593. The molecule has 0 atom stereocenters. The number of aryl methyl sites for hydroxylation is 1. The van der Waals surface area contributed by atoms with E-state index in [2.05, 4.69) is 16.9 Å². The van der Waals surface area contributed by atoms with Crippen LogP contribution in [0.3, 0.4) is 0 Å². The van der Waals surface area contributed by atoms with Gasteiger partial charge in [0, 0.05) is 0 Å². The van der Waals surface area contributed by atoms with E-state index in [9.17, 15) is 4.79 Å². The van der Waals surface area contributed by atoms with Gasteiger partial charge in [-0.1, -0.05) is 37.3 Å². The van der Waals surface area contributed by atoms with Crippen LogP contribution in [0.5, 0.6) is 5.75 Å². The fourth-order valence-corrected chi connectivity index (χ4v) is 2.29. The molecular weight excluding hydrogens is 264 g/mol. The van der Waals surface area contributed by atoms with Gasteiger partial charge >= 0.3 is 0 Å². The van der Waals surface area contributed by atoms with E-state index < -0.39 is 0 Å². The molecule has 0 amide bonds. The van der Waals surface area contributed by atoms with Crippen molar-refractivity contribution in [3.05, 3.63) is 70.3 Å². The Balaban J connectivity index is 1.87. The summed E-state index contributed by atoms with van der Waals surface area (Å²) < 4.78 is 5.79. The zero-order valence-corrected chi connectivity index (χ0v) is 11.8. The molecule has 0 aliphatic rings. The Hall–Kier alpha value is -2.62. The minimum atomic E-state index is -0.136. The van der Waals surface area contributed by atoms with Crippen molar-refractivity contribution in [2.45, 2.75) is 20.0 Å². The minimum absolute atomic E-state index is 0.136. The summed E-state index contributed by atoms with van der Waals surface area (Å²) in [6.45, 7) is 2.33. The maximum atomic E-state index is 12.0. The van der Waals surface area contributed by atoms with Crippen molar-refractivity contribution in [2.75, 3.05) is 0 Å². The lowest BCUT2D eigenvalue weighted by Crippen LogP contribution is -2.13. The third kappa shape index (κ3) is 2.79. The highest BCUT2D eigenvalue weighted by Crippen LogP contribution is 2.19. The number of H-pyrrole nitrogens is 1. The van der Waals surface area contributed by atoms with Crippen molar-refractivity contribution in [3.8, 4) is 5.75 Å². The van der Waals surface area contributed by atoms with Crippen LogP contribution in [0, 0.1) is 0 Å². The standard InChI is InChI=1S/C17H16N2O2/c1-2-12-7-3-6-10-15(12)21-11-16-18-14-9-5-4-8-13(14)17(20)19-16/h3-10H,2,11H2,1H3,(H,18,19,20). The number of aromatic nitrogens is 2. The van der Waals surface area contributed by atoms with Gasteiger partial charge in [-0.15, -0.1) is 0 Å². The van der Waals surface area contributed by atoms with Crippen molar-refractivity contribution in [1.82, 2.24) is 9.97 Å². The van der Waals surface area contributed by atoms with E-state index in [-0.39, 0.29) is 12.2 Å². The second-order valence-corrected chi connectivity index (χ2v) is 4.78. The van der Waals surface area contributed by atoms with Gasteiger partial charge < -0.3 is 9.72 Å². The molecule has 4 nitrogen and oxygen atoms in total. The maximum Gasteiger partial charge on any atom is 0.258 e. The number of nitrogens with one attached hydrogen (secondary N) is 1. The van der Waals surface area contributed by atoms with Gasteiger partial charge in [-0.3, -0.25) is 4.79 Å². The number of para-hydroxylation sites is 2. The van der Waals surface area contributed by atoms with Gasteiger partial charge in [0.1, 0.15) is 18.2 Å². The summed E-state index contributed by atoms with van der Waals surface area (Å²) in [4.78, 5) is 19.2. The number of fused-ring (bicyclic) bond motifs is 1. The van der Waals surface area contributed by atoms with Crippen LogP contribution in [0.15, 0.2) is 53.3 Å². The first-order valence-corrected chi connectivity index (χ1v) is 6.96. The highest BCUT2D eigenvalue weighted by molar-refractivity contribution is 5.77. The van der Waals surface area contributed by atoms with E-state index in [4.69, 9.17) is 4.74 Å². The molecule has 0 unspecified atom stereocenters. The van der Waals surface area contributed by atoms with Crippen LogP contribution in [0.2, 0.25) is 0 Å². The second-order valence-electron chi connectivity index (χ2n) is 4.78. The van der Waals surface area contributed by atoms with Crippen molar-refractivity contribution < 1.29 is 4.74 Å². The predicted octanol–water partition coefficient (Wildman–Crippen LogP) is 3.06. The number of aromatic amines is 1. The Bertz CT molecular complexity index is 824. The summed E-state index contributed by atoms with van der Waals surface area (Å²) in [5.74, 6) is 1.36. The van der Waals surface area contributed by atoms with Gasteiger partial charge in [-0.25, -0.2) is 4.98 Å². The summed E-state index contributed by atoms with van der Waals surface area (Å²) in [6, 6.07) is 15.2. The number of nitrogens with zero attached hydrogens (tertiary/aromatic N) is 1. The maximum absolute atomic E-state index is 12.0. The van der Waals surface area contributed by atoms with Crippen LogP contribution in [0.4, 0.5) is 0 Å². The van der Waals surface area contributed by atoms with Gasteiger partial charge in [0.25, 0.3) is 5.56 Å². The first-order chi connectivity index (χ1) is 10.3. The molecule has 21 heavy (non-hydrogen) atoms. The molecule has 0 bridgehead atoms. The summed E-state index contributed by atoms with van der Waals surface area (Å²) in [7, 11) is 0. The molecule has 0 saturated heterocycles. The van der Waals surface area contributed by atoms with Crippen LogP contribution in [-0.2, 0) is 13.0 Å². The summed E-state index contributed by atoms with van der Waals surface area (Å²) >= 11 is 0. The molecule has 0 saturated carbocycles. The molecule has 2 aromatic carbocycles. The lowest BCUT2D eigenvalue weighted by molar-refractivity contribution is 0.293. The quantitative estimate of drug-likeness (QED) is 0.799. The Labute approximate surface area is 122 Å². The zero-order chi connectivity index (χ0) is 14.7. The lowest BCUT2D eigenvalue weighted by atomic mass is 10.1. The Kier molecular flexibility index (Phi) is 3.69. The highest BCUT2D eigenvalue weighted by atomic mass is 16.5. The monoisotopic (exact) mass is 280 g/mol. The molecule has 3 aromatic rings. The van der Waals surface area contributed by atoms with Crippen LogP contribution in [0.1, 0.15) is 18.3 Å². The number of rotatable bonds is 4. The second kappa shape index (κ2) is 5.79. The van der Waals surface area contributed by atoms with Gasteiger partial charge in [-0.2, -0.15) is 0 Å². The average molecular weight is 280 g/mol. The molecule has 1 N–H and O–H groups in total. The van der Waals surface area contributed by atoms with E-state index in [0.717, 1.165) is 17.7 Å². The number of hydrogen-bond donors (Lipinski definition) is 1. The van der Waals surface area contributed by atoms with Gasteiger partial charge in [0.15, 0.2) is 0 Å². The number of benzene rings is 2. The number of ether oxygens (including phenoxy) is 1. The van der Waals surface area contributed by atoms with Gasteiger partial charge in [0.05, 0.1) is 10.9 Å². The van der Waals surface area contributed by atoms with Gasteiger partial charge in [0.2, 0.25) is 0 Å². The predicted molar refractivity (Wildman–Crippen MR) is 82.5 cm³/mol. The van der Waals surface area contributed by atoms with E-state index in [1.807, 2.05) is 42.5 Å². The molecular formula is C17H16N2O2. The van der Waals surface area contributed by atoms with Crippen LogP contribution in [0.25, 0.3) is 10.9 Å². The lowest BCUT2D eigenvalue weighted by Gasteiger charge is -2.10. The molecule has 106 valence electrons. The molecule has 0 aliphatic carbocycles. The topological polar surface area (TPSA) is 55.0 Å². The molecule has 0 radical (unpaired) electrons. The Morgan fingerprint density at radius 1 is 1.10 bits per heavy atom. The molecule has 4 heteroatoms. The van der Waals surface area contributed by atoms with Crippen molar-refractivity contribution in [3.63, 3.8) is 0 Å². The first kappa shape index (κ1) is 13.4.